The predicted octanol–water partition coefficient (Wildman–Crippen LogP) is 1.02. The lowest BCUT2D eigenvalue weighted by atomic mass is 9.93. The number of carboxylic acid groups (broad SMARTS) is 1. The van der Waals surface area contributed by atoms with Gasteiger partial charge >= 0.3 is 5.97 Å². The van der Waals surface area contributed by atoms with E-state index < -0.39 is 11.5 Å². The van der Waals surface area contributed by atoms with E-state index in [9.17, 15) is 9.59 Å². The van der Waals surface area contributed by atoms with Crippen LogP contribution < -0.4 is 5.56 Å². The highest BCUT2D eigenvalue weighted by Crippen LogP contribution is 2.20. The van der Waals surface area contributed by atoms with Gasteiger partial charge in [-0.3, -0.25) is 4.79 Å². The van der Waals surface area contributed by atoms with Gasteiger partial charge in [0, 0.05) is 11.5 Å². The molecule has 0 amide bonds. The Morgan fingerprint density at radius 1 is 1.47 bits per heavy atom. The number of nitrogens with one attached hydrogen (secondary N) is 1. The summed E-state index contributed by atoms with van der Waals surface area (Å²) in [4.78, 5) is 24.8. The normalized spacial score (nSPS) is 11.9. The van der Waals surface area contributed by atoms with E-state index >= 15 is 0 Å². The van der Waals surface area contributed by atoms with Gasteiger partial charge in [0.2, 0.25) is 0 Å². The molecular weight excluding hydrogens is 222 g/mol. The fraction of sp³-hybridized carbons (Fsp3) is 0.364. The second kappa shape index (κ2) is 3.44. The zero-order chi connectivity index (χ0) is 12.8. The third-order valence-corrected chi connectivity index (χ3v) is 2.47. The number of hydrogen-bond acceptors (Lipinski definition) is 3. The molecule has 6 heteroatoms. The average Bonchev–Trinajstić information content (AvgIpc) is 2.58. The smallest absolute Gasteiger partial charge is 0.342 e. The van der Waals surface area contributed by atoms with Crippen LogP contribution in [0, 0.1) is 0 Å². The Kier molecular flexibility index (Phi) is 2.30. The third-order valence-electron chi connectivity index (χ3n) is 2.47. The van der Waals surface area contributed by atoms with Crippen molar-refractivity contribution >= 4 is 11.6 Å². The minimum atomic E-state index is -1.26. The van der Waals surface area contributed by atoms with Crippen molar-refractivity contribution in [3.05, 3.63) is 33.9 Å². The van der Waals surface area contributed by atoms with Crippen molar-refractivity contribution in [2.24, 2.45) is 0 Å². The SMILES string of the molecule is CC(C)(C)c1cc2[nH]c(=O)c(C(=O)O)cn2n1. The molecular formula is C11H13N3O3. The van der Waals surface area contributed by atoms with Gasteiger partial charge in [-0.2, -0.15) is 5.10 Å². The van der Waals surface area contributed by atoms with Gasteiger partial charge in [0.15, 0.2) is 0 Å². The Balaban J connectivity index is 2.71. The van der Waals surface area contributed by atoms with Crippen molar-refractivity contribution in [2.75, 3.05) is 0 Å². The van der Waals surface area contributed by atoms with E-state index in [-0.39, 0.29) is 11.0 Å². The summed E-state index contributed by atoms with van der Waals surface area (Å²) >= 11 is 0. The largest absolute Gasteiger partial charge is 0.477 e. The van der Waals surface area contributed by atoms with Gasteiger partial charge in [-0.25, -0.2) is 9.31 Å². The van der Waals surface area contributed by atoms with Crippen molar-refractivity contribution < 1.29 is 9.90 Å². The van der Waals surface area contributed by atoms with Crippen LogP contribution in [0.2, 0.25) is 0 Å². The second-order valence-corrected chi connectivity index (χ2v) is 4.91. The van der Waals surface area contributed by atoms with Crippen LogP contribution in [0.3, 0.4) is 0 Å². The Morgan fingerprint density at radius 3 is 2.65 bits per heavy atom. The zero-order valence-electron chi connectivity index (χ0n) is 9.81. The summed E-state index contributed by atoms with van der Waals surface area (Å²) in [5.74, 6) is -1.26. The number of aromatic carboxylic acids is 1. The van der Waals surface area contributed by atoms with Crippen molar-refractivity contribution in [1.29, 1.82) is 0 Å². The van der Waals surface area contributed by atoms with Crippen LogP contribution in [0.4, 0.5) is 0 Å². The molecule has 0 spiro atoms. The van der Waals surface area contributed by atoms with Crippen LogP contribution in [0.25, 0.3) is 5.65 Å². The molecule has 2 N–H and O–H groups in total. The maximum Gasteiger partial charge on any atom is 0.342 e. The van der Waals surface area contributed by atoms with Crippen molar-refractivity contribution in [3.8, 4) is 0 Å². The Hall–Kier alpha value is -2.11. The van der Waals surface area contributed by atoms with Gasteiger partial charge in [-0.1, -0.05) is 20.8 Å². The van der Waals surface area contributed by atoms with Crippen LogP contribution in [-0.4, -0.2) is 25.7 Å². The minimum absolute atomic E-state index is 0.160. The van der Waals surface area contributed by atoms with E-state index in [0.29, 0.717) is 5.65 Å². The van der Waals surface area contributed by atoms with Crippen molar-refractivity contribution in [2.45, 2.75) is 26.2 Å². The first-order chi connectivity index (χ1) is 7.79. The number of rotatable bonds is 1. The van der Waals surface area contributed by atoms with Crippen molar-refractivity contribution in [1.82, 2.24) is 14.6 Å². The van der Waals surface area contributed by atoms with Gasteiger partial charge in [-0.15, -0.1) is 0 Å². The molecule has 2 aromatic heterocycles. The molecule has 0 fully saturated rings. The number of fused-ring (bicyclic) bond motifs is 1. The summed E-state index contributed by atoms with van der Waals surface area (Å²) in [6.07, 6.45) is 1.23. The van der Waals surface area contributed by atoms with Crippen LogP contribution in [0.1, 0.15) is 36.8 Å². The second-order valence-electron chi connectivity index (χ2n) is 4.91. The number of carboxylic acids is 1. The molecule has 2 aromatic rings. The first-order valence-corrected chi connectivity index (χ1v) is 5.15. The van der Waals surface area contributed by atoms with Gasteiger partial charge in [-0.05, 0) is 0 Å². The minimum Gasteiger partial charge on any atom is -0.477 e. The molecule has 0 unspecified atom stereocenters. The highest BCUT2D eigenvalue weighted by atomic mass is 16.4. The highest BCUT2D eigenvalue weighted by molar-refractivity contribution is 5.86. The Labute approximate surface area is 96.9 Å². The lowest BCUT2D eigenvalue weighted by molar-refractivity contribution is 0.0694. The number of hydrogen-bond donors (Lipinski definition) is 2. The van der Waals surface area contributed by atoms with Crippen LogP contribution in [0.15, 0.2) is 17.1 Å². The summed E-state index contributed by atoms with van der Waals surface area (Å²) in [7, 11) is 0. The molecule has 2 heterocycles. The first kappa shape index (κ1) is 11.4. The first-order valence-electron chi connectivity index (χ1n) is 5.15. The molecule has 0 aliphatic heterocycles. The van der Waals surface area contributed by atoms with E-state index in [1.165, 1.54) is 10.7 Å². The molecule has 6 nitrogen and oxygen atoms in total. The summed E-state index contributed by atoms with van der Waals surface area (Å²) < 4.78 is 1.38. The Morgan fingerprint density at radius 2 is 2.12 bits per heavy atom. The molecule has 90 valence electrons. The quantitative estimate of drug-likeness (QED) is 0.772. The highest BCUT2D eigenvalue weighted by Gasteiger charge is 2.19. The van der Waals surface area contributed by atoms with Gasteiger partial charge in [0.25, 0.3) is 5.56 Å². The molecule has 0 saturated heterocycles. The number of H-pyrrole nitrogens is 1. The summed E-state index contributed by atoms with van der Waals surface area (Å²) in [6.45, 7) is 5.97. The Bertz CT molecular complexity index is 646. The molecule has 0 aromatic carbocycles. The summed E-state index contributed by atoms with van der Waals surface area (Å²) in [5, 5.41) is 13.1. The molecule has 0 atom stereocenters. The van der Waals surface area contributed by atoms with E-state index in [1.807, 2.05) is 20.8 Å². The lowest BCUT2D eigenvalue weighted by Gasteiger charge is -2.13. The molecule has 0 radical (unpaired) electrons. The molecule has 0 aliphatic carbocycles. The fourth-order valence-electron chi connectivity index (χ4n) is 1.47. The summed E-state index contributed by atoms with van der Waals surface area (Å²) in [6, 6.07) is 1.74. The number of aromatic amines is 1. The van der Waals surface area contributed by atoms with E-state index in [0.717, 1.165) is 5.69 Å². The van der Waals surface area contributed by atoms with Gasteiger partial charge in [0.05, 0.1) is 11.9 Å². The van der Waals surface area contributed by atoms with E-state index in [4.69, 9.17) is 5.11 Å². The summed E-state index contributed by atoms with van der Waals surface area (Å²) in [5.41, 5.74) is 0.179. The topological polar surface area (TPSA) is 87.5 Å². The number of carbonyl (C=O) groups is 1. The maximum absolute atomic E-state index is 11.5. The van der Waals surface area contributed by atoms with Crippen LogP contribution >= 0.6 is 0 Å². The number of nitrogens with zero attached hydrogens (tertiary/aromatic N) is 2. The molecule has 0 saturated carbocycles. The lowest BCUT2D eigenvalue weighted by Crippen LogP contribution is -2.19. The standard InChI is InChI=1S/C11H13N3O3/c1-11(2,3)7-4-8-12-9(15)6(10(16)17)5-14(8)13-7/h4-5H,1-3H3,(H,12,15)(H,16,17). The van der Waals surface area contributed by atoms with Crippen molar-refractivity contribution in [3.63, 3.8) is 0 Å². The number of aromatic nitrogens is 3. The van der Waals surface area contributed by atoms with Crippen LogP contribution in [-0.2, 0) is 5.41 Å². The average molecular weight is 235 g/mol. The fourth-order valence-corrected chi connectivity index (χ4v) is 1.47. The third kappa shape index (κ3) is 1.93. The van der Waals surface area contributed by atoms with E-state index in [2.05, 4.69) is 10.1 Å². The zero-order valence-corrected chi connectivity index (χ0v) is 9.81. The van der Waals surface area contributed by atoms with E-state index in [1.54, 1.807) is 6.07 Å². The molecule has 0 aliphatic rings. The molecule has 0 bridgehead atoms. The monoisotopic (exact) mass is 235 g/mol. The van der Waals surface area contributed by atoms with Gasteiger partial charge in [0.1, 0.15) is 11.2 Å². The molecule has 17 heavy (non-hydrogen) atoms. The molecule has 2 rings (SSSR count). The van der Waals surface area contributed by atoms with Gasteiger partial charge < -0.3 is 10.1 Å². The van der Waals surface area contributed by atoms with Crippen LogP contribution in [0.5, 0.6) is 0 Å². The maximum atomic E-state index is 11.5. The predicted molar refractivity (Wildman–Crippen MR) is 61.5 cm³/mol.